The van der Waals surface area contributed by atoms with Crippen molar-refractivity contribution in [3.05, 3.63) is 54.6 Å². The fourth-order valence-electron chi connectivity index (χ4n) is 2.47. The maximum atomic E-state index is 12.2. The smallest absolute Gasteiger partial charge is 0.487 e. The fraction of sp³-hybridized carbons (Fsp3) is 0.350. The average molecular weight is 343 g/mol. The van der Waals surface area contributed by atoms with Crippen molar-refractivity contribution >= 4 is 11.8 Å². The minimum atomic E-state index is -0.762. The van der Waals surface area contributed by atoms with E-state index in [1.54, 1.807) is 18.2 Å². The Hall–Kier alpha value is -2.69. The zero-order valence-corrected chi connectivity index (χ0v) is 15.1. The maximum absolute atomic E-state index is 12.2. The molecule has 0 aliphatic heterocycles. The molecule has 0 saturated carbocycles. The van der Waals surface area contributed by atoms with E-state index in [-0.39, 0.29) is 6.10 Å². The number of anilines is 1. The Kier molecular flexibility index (Phi) is 6.69. The van der Waals surface area contributed by atoms with Gasteiger partial charge < -0.3 is 19.1 Å². The highest BCUT2D eigenvalue weighted by atomic mass is 16.7. The Morgan fingerprint density at radius 1 is 0.960 bits per heavy atom. The van der Waals surface area contributed by atoms with Crippen LogP contribution in [-0.4, -0.2) is 25.0 Å². The van der Waals surface area contributed by atoms with Gasteiger partial charge >= 0.3 is 6.16 Å². The predicted octanol–water partition coefficient (Wildman–Crippen LogP) is 4.86. The van der Waals surface area contributed by atoms with Gasteiger partial charge in [-0.1, -0.05) is 30.3 Å². The molecule has 0 aliphatic carbocycles. The molecular weight excluding hydrogens is 318 g/mol. The van der Waals surface area contributed by atoms with Gasteiger partial charge in [0.1, 0.15) is 0 Å². The van der Waals surface area contributed by atoms with Crippen molar-refractivity contribution in [2.75, 3.05) is 11.4 Å². The predicted molar refractivity (Wildman–Crippen MR) is 98.2 cm³/mol. The van der Waals surface area contributed by atoms with E-state index in [9.17, 15) is 4.79 Å². The van der Waals surface area contributed by atoms with E-state index in [0.29, 0.717) is 18.0 Å². The summed E-state index contributed by atoms with van der Waals surface area (Å²) in [5.74, 6) is 0.855. The largest absolute Gasteiger partial charge is 0.515 e. The van der Waals surface area contributed by atoms with Crippen LogP contribution < -0.4 is 14.4 Å². The second-order valence-electron chi connectivity index (χ2n) is 5.80. The van der Waals surface area contributed by atoms with Crippen LogP contribution in [-0.2, 0) is 4.74 Å². The summed E-state index contributed by atoms with van der Waals surface area (Å²) in [6, 6.07) is 16.8. The fourth-order valence-corrected chi connectivity index (χ4v) is 2.47. The minimum Gasteiger partial charge on any atom is -0.487 e. The molecule has 0 aliphatic rings. The summed E-state index contributed by atoms with van der Waals surface area (Å²) in [7, 11) is 0. The van der Waals surface area contributed by atoms with Gasteiger partial charge in [0.15, 0.2) is 17.7 Å². The van der Waals surface area contributed by atoms with Gasteiger partial charge in [-0.25, -0.2) is 4.79 Å². The molecule has 2 rings (SSSR count). The highest BCUT2D eigenvalue weighted by Crippen LogP contribution is 2.28. The number of carbonyl (C=O) groups excluding carboxylic acids is 1. The standard InChI is InChI=1S/C20H25NO4/c1-5-21(17-11-7-6-8-12-17)16(4)24-20(22)25-19-14-10-9-13-18(19)23-15(2)3/h6-16H,5H2,1-4H3. The van der Waals surface area contributed by atoms with Gasteiger partial charge in [-0.2, -0.15) is 0 Å². The van der Waals surface area contributed by atoms with E-state index in [1.165, 1.54) is 0 Å². The van der Waals surface area contributed by atoms with Crippen LogP contribution in [0.4, 0.5) is 10.5 Å². The van der Waals surface area contributed by atoms with Gasteiger partial charge in [-0.15, -0.1) is 0 Å². The quantitative estimate of drug-likeness (QED) is 0.408. The van der Waals surface area contributed by atoms with Crippen molar-refractivity contribution in [3.63, 3.8) is 0 Å². The van der Waals surface area contributed by atoms with E-state index in [1.807, 2.05) is 69.0 Å². The third-order valence-corrected chi connectivity index (χ3v) is 3.54. The lowest BCUT2D eigenvalue weighted by Gasteiger charge is -2.29. The molecule has 0 fully saturated rings. The summed E-state index contributed by atoms with van der Waals surface area (Å²) in [5, 5.41) is 0. The van der Waals surface area contributed by atoms with Crippen molar-refractivity contribution < 1.29 is 19.0 Å². The second-order valence-corrected chi connectivity index (χ2v) is 5.80. The van der Waals surface area contributed by atoms with Crippen molar-refractivity contribution in [1.29, 1.82) is 0 Å². The molecular formula is C20H25NO4. The summed E-state index contributed by atoms with van der Waals surface area (Å²) in [5.41, 5.74) is 0.980. The first-order chi connectivity index (χ1) is 12.0. The summed E-state index contributed by atoms with van der Waals surface area (Å²) in [6.45, 7) is 8.34. The molecule has 0 aromatic heterocycles. The van der Waals surface area contributed by atoms with Crippen molar-refractivity contribution in [1.82, 2.24) is 0 Å². The number of benzene rings is 2. The van der Waals surface area contributed by atoms with Gasteiger partial charge in [-0.05, 0) is 52.0 Å². The number of hydrogen-bond acceptors (Lipinski definition) is 5. The molecule has 0 N–H and O–H groups in total. The maximum Gasteiger partial charge on any atom is 0.515 e. The lowest BCUT2D eigenvalue weighted by atomic mass is 10.3. The van der Waals surface area contributed by atoms with Gasteiger partial charge in [0.25, 0.3) is 0 Å². The summed E-state index contributed by atoms with van der Waals surface area (Å²) in [6.07, 6.45) is -1.24. The number of para-hydroxylation sites is 3. The van der Waals surface area contributed by atoms with Crippen LogP contribution in [0, 0.1) is 0 Å². The highest BCUT2D eigenvalue weighted by molar-refractivity contribution is 5.66. The number of carbonyl (C=O) groups is 1. The molecule has 1 unspecified atom stereocenters. The topological polar surface area (TPSA) is 48.0 Å². The minimum absolute atomic E-state index is 0.0200. The van der Waals surface area contributed by atoms with Crippen molar-refractivity contribution in [2.45, 2.75) is 40.0 Å². The first-order valence-corrected chi connectivity index (χ1v) is 8.47. The average Bonchev–Trinajstić information content (AvgIpc) is 2.57. The molecule has 0 radical (unpaired) electrons. The van der Waals surface area contributed by atoms with E-state index in [2.05, 4.69) is 0 Å². The lowest BCUT2D eigenvalue weighted by molar-refractivity contribution is 0.0630. The van der Waals surface area contributed by atoms with Crippen molar-refractivity contribution in [3.8, 4) is 11.5 Å². The second kappa shape index (κ2) is 8.97. The molecule has 134 valence electrons. The molecule has 5 heteroatoms. The molecule has 2 aromatic carbocycles. The Balaban J connectivity index is 2.02. The molecule has 0 saturated heterocycles. The van der Waals surface area contributed by atoms with Gasteiger partial charge in [0, 0.05) is 12.2 Å². The van der Waals surface area contributed by atoms with Gasteiger partial charge in [0.2, 0.25) is 0 Å². The zero-order chi connectivity index (χ0) is 18.2. The Morgan fingerprint density at radius 2 is 1.56 bits per heavy atom. The van der Waals surface area contributed by atoms with E-state index in [0.717, 1.165) is 5.69 Å². The SMILES string of the molecule is CCN(c1ccccc1)C(C)OC(=O)Oc1ccccc1OC(C)C. The molecule has 5 nitrogen and oxygen atoms in total. The van der Waals surface area contributed by atoms with Crippen LogP contribution in [0.5, 0.6) is 11.5 Å². The van der Waals surface area contributed by atoms with Crippen LogP contribution in [0.25, 0.3) is 0 Å². The Bertz CT molecular complexity index is 672. The normalized spacial score (nSPS) is 11.7. The molecule has 2 aromatic rings. The Labute approximate surface area is 149 Å². The van der Waals surface area contributed by atoms with E-state index >= 15 is 0 Å². The summed E-state index contributed by atoms with van der Waals surface area (Å²) < 4.78 is 16.4. The van der Waals surface area contributed by atoms with Crippen LogP contribution in [0.15, 0.2) is 54.6 Å². The first kappa shape index (κ1) is 18.6. The molecule has 0 amide bonds. The monoisotopic (exact) mass is 343 g/mol. The van der Waals surface area contributed by atoms with Gasteiger partial charge in [-0.3, -0.25) is 0 Å². The van der Waals surface area contributed by atoms with Crippen LogP contribution in [0.2, 0.25) is 0 Å². The summed E-state index contributed by atoms with van der Waals surface area (Å²) >= 11 is 0. The molecule has 0 heterocycles. The lowest BCUT2D eigenvalue weighted by Crippen LogP contribution is -2.37. The molecule has 1 atom stereocenters. The van der Waals surface area contributed by atoms with Crippen molar-refractivity contribution in [2.24, 2.45) is 0 Å². The van der Waals surface area contributed by atoms with Gasteiger partial charge in [0.05, 0.1) is 6.10 Å². The third kappa shape index (κ3) is 5.41. The summed E-state index contributed by atoms with van der Waals surface area (Å²) in [4.78, 5) is 14.2. The van der Waals surface area contributed by atoms with Crippen LogP contribution >= 0.6 is 0 Å². The number of hydrogen-bond donors (Lipinski definition) is 0. The number of nitrogens with zero attached hydrogens (tertiary/aromatic N) is 1. The van der Waals surface area contributed by atoms with Crippen LogP contribution in [0.3, 0.4) is 0 Å². The first-order valence-electron chi connectivity index (χ1n) is 8.47. The van der Waals surface area contributed by atoms with E-state index < -0.39 is 12.4 Å². The number of ether oxygens (including phenoxy) is 3. The molecule has 0 spiro atoms. The van der Waals surface area contributed by atoms with Crippen LogP contribution in [0.1, 0.15) is 27.7 Å². The zero-order valence-electron chi connectivity index (χ0n) is 15.1. The molecule has 25 heavy (non-hydrogen) atoms. The van der Waals surface area contributed by atoms with E-state index in [4.69, 9.17) is 14.2 Å². The number of rotatable bonds is 7. The molecule has 0 bridgehead atoms. The highest BCUT2D eigenvalue weighted by Gasteiger charge is 2.19. The third-order valence-electron chi connectivity index (χ3n) is 3.54. The Morgan fingerprint density at radius 3 is 2.16 bits per heavy atom.